The van der Waals surface area contributed by atoms with Crippen LogP contribution < -0.4 is 5.32 Å². The van der Waals surface area contributed by atoms with Crippen LogP contribution in [0.5, 0.6) is 0 Å². The summed E-state index contributed by atoms with van der Waals surface area (Å²) in [5.74, 6) is -0.336. The van der Waals surface area contributed by atoms with Crippen molar-refractivity contribution in [2.24, 2.45) is 0 Å². The van der Waals surface area contributed by atoms with Crippen LogP contribution >= 0.6 is 15.9 Å². The molecule has 0 saturated carbocycles. The number of aryl methyl sites for hydroxylation is 2. The van der Waals surface area contributed by atoms with E-state index >= 15 is 0 Å². The predicted octanol–water partition coefficient (Wildman–Crippen LogP) is 4.35. The zero-order valence-electron chi connectivity index (χ0n) is 11.5. The van der Waals surface area contributed by atoms with Gasteiger partial charge in [-0.1, -0.05) is 28.1 Å². The normalized spacial score (nSPS) is 12.2. The Morgan fingerprint density at radius 1 is 1.20 bits per heavy atom. The van der Waals surface area contributed by atoms with E-state index in [1.165, 1.54) is 12.1 Å². The average Bonchev–Trinajstić information content (AvgIpc) is 2.37. The van der Waals surface area contributed by atoms with Gasteiger partial charge in [0.2, 0.25) is 0 Å². The molecule has 0 aliphatic heterocycles. The summed E-state index contributed by atoms with van der Waals surface area (Å²) >= 11 is 3.45. The van der Waals surface area contributed by atoms with E-state index in [4.69, 9.17) is 0 Å². The van der Waals surface area contributed by atoms with Gasteiger partial charge in [0.05, 0.1) is 6.10 Å². The van der Waals surface area contributed by atoms with Gasteiger partial charge in [-0.05, 0) is 54.8 Å². The molecule has 0 fully saturated rings. The summed E-state index contributed by atoms with van der Waals surface area (Å²) < 4.78 is 14.2. The van der Waals surface area contributed by atoms with Crippen LogP contribution in [0.15, 0.2) is 40.9 Å². The molecule has 0 aromatic heterocycles. The molecule has 1 unspecified atom stereocenters. The zero-order valence-corrected chi connectivity index (χ0v) is 13.0. The molecule has 106 valence electrons. The van der Waals surface area contributed by atoms with Gasteiger partial charge in [0.15, 0.2) is 0 Å². The second-order valence-corrected chi connectivity index (χ2v) is 5.78. The van der Waals surface area contributed by atoms with E-state index in [0.29, 0.717) is 12.1 Å². The zero-order chi connectivity index (χ0) is 14.7. The molecular weight excluding hydrogens is 321 g/mol. The van der Waals surface area contributed by atoms with E-state index in [2.05, 4.69) is 21.2 Å². The highest BCUT2D eigenvalue weighted by Gasteiger charge is 2.10. The highest BCUT2D eigenvalue weighted by molar-refractivity contribution is 9.10. The summed E-state index contributed by atoms with van der Waals surface area (Å²) in [5.41, 5.74) is 3.78. The summed E-state index contributed by atoms with van der Waals surface area (Å²) in [6.45, 7) is 4.36. The number of anilines is 1. The van der Waals surface area contributed by atoms with E-state index in [0.717, 1.165) is 21.3 Å². The Hall–Kier alpha value is -1.39. The first-order chi connectivity index (χ1) is 9.47. The maximum Gasteiger partial charge on any atom is 0.123 e. The van der Waals surface area contributed by atoms with Gasteiger partial charge in [0.25, 0.3) is 0 Å². The number of hydrogen-bond donors (Lipinski definition) is 2. The molecule has 2 nitrogen and oxygen atoms in total. The van der Waals surface area contributed by atoms with Crippen molar-refractivity contribution in [1.29, 1.82) is 0 Å². The van der Waals surface area contributed by atoms with Crippen molar-refractivity contribution < 1.29 is 9.50 Å². The van der Waals surface area contributed by atoms with Gasteiger partial charge >= 0.3 is 0 Å². The largest absolute Gasteiger partial charge is 0.387 e. The number of halogens is 2. The van der Waals surface area contributed by atoms with Crippen molar-refractivity contribution >= 4 is 21.6 Å². The molecule has 0 bridgehead atoms. The van der Waals surface area contributed by atoms with E-state index in [1.807, 2.05) is 26.0 Å². The van der Waals surface area contributed by atoms with Crippen molar-refractivity contribution in [3.05, 3.63) is 63.4 Å². The molecule has 2 aromatic carbocycles. The minimum absolute atomic E-state index is 0.336. The molecule has 2 aromatic rings. The molecule has 2 N–H and O–H groups in total. The Morgan fingerprint density at radius 3 is 2.45 bits per heavy atom. The van der Waals surface area contributed by atoms with Crippen LogP contribution in [-0.2, 0) is 0 Å². The number of benzene rings is 2. The fourth-order valence-corrected chi connectivity index (χ4v) is 2.91. The molecule has 0 aliphatic rings. The molecule has 0 amide bonds. The van der Waals surface area contributed by atoms with Gasteiger partial charge in [-0.2, -0.15) is 0 Å². The van der Waals surface area contributed by atoms with Crippen molar-refractivity contribution in [2.75, 3.05) is 11.9 Å². The third-order valence-electron chi connectivity index (χ3n) is 3.20. The van der Waals surface area contributed by atoms with E-state index in [-0.39, 0.29) is 5.82 Å². The van der Waals surface area contributed by atoms with Gasteiger partial charge in [-0.3, -0.25) is 0 Å². The third-order valence-corrected chi connectivity index (χ3v) is 3.66. The molecule has 0 radical (unpaired) electrons. The van der Waals surface area contributed by atoms with Crippen molar-refractivity contribution in [2.45, 2.75) is 20.0 Å². The highest BCUT2D eigenvalue weighted by atomic mass is 79.9. The van der Waals surface area contributed by atoms with Crippen LogP contribution in [0.25, 0.3) is 0 Å². The van der Waals surface area contributed by atoms with Gasteiger partial charge < -0.3 is 10.4 Å². The Bertz CT molecular complexity index is 592. The fourth-order valence-electron chi connectivity index (χ4n) is 2.22. The molecule has 0 heterocycles. The molecule has 4 heteroatoms. The van der Waals surface area contributed by atoms with Crippen LogP contribution in [-0.4, -0.2) is 11.7 Å². The van der Waals surface area contributed by atoms with E-state index in [1.54, 1.807) is 12.1 Å². The average molecular weight is 338 g/mol. The fraction of sp³-hybridized carbons (Fsp3) is 0.250. The number of rotatable bonds is 4. The van der Waals surface area contributed by atoms with Crippen molar-refractivity contribution in [3.63, 3.8) is 0 Å². The van der Waals surface area contributed by atoms with Crippen LogP contribution in [0, 0.1) is 19.7 Å². The Labute approximate surface area is 126 Å². The lowest BCUT2D eigenvalue weighted by Gasteiger charge is -2.17. The Morgan fingerprint density at radius 2 is 1.85 bits per heavy atom. The molecular formula is C16H17BrFNO. The highest BCUT2D eigenvalue weighted by Crippen LogP contribution is 2.26. The molecule has 0 spiro atoms. The lowest BCUT2D eigenvalue weighted by Crippen LogP contribution is -2.13. The van der Waals surface area contributed by atoms with Crippen LogP contribution in [0.2, 0.25) is 0 Å². The minimum atomic E-state index is -0.742. The SMILES string of the molecule is Cc1cc(Br)cc(C)c1NCC(O)c1cccc(F)c1. The van der Waals surface area contributed by atoms with Crippen LogP contribution in [0.4, 0.5) is 10.1 Å². The lowest BCUT2D eigenvalue weighted by molar-refractivity contribution is 0.191. The molecule has 1 atom stereocenters. The summed E-state index contributed by atoms with van der Waals surface area (Å²) in [6, 6.07) is 10.1. The molecule has 2 rings (SSSR count). The number of aliphatic hydroxyl groups is 1. The number of hydrogen-bond acceptors (Lipinski definition) is 2. The monoisotopic (exact) mass is 337 g/mol. The smallest absolute Gasteiger partial charge is 0.123 e. The standard InChI is InChI=1S/C16H17BrFNO/c1-10-6-13(17)7-11(2)16(10)19-9-15(20)12-4-3-5-14(18)8-12/h3-8,15,19-20H,9H2,1-2H3. The maximum absolute atomic E-state index is 13.1. The molecule has 0 saturated heterocycles. The maximum atomic E-state index is 13.1. The first-order valence-corrected chi connectivity index (χ1v) is 7.21. The minimum Gasteiger partial charge on any atom is -0.387 e. The summed E-state index contributed by atoms with van der Waals surface area (Å²) in [6.07, 6.45) is -0.742. The third kappa shape index (κ3) is 3.58. The van der Waals surface area contributed by atoms with E-state index in [9.17, 15) is 9.50 Å². The number of aliphatic hydroxyl groups excluding tert-OH is 1. The van der Waals surface area contributed by atoms with Crippen molar-refractivity contribution in [1.82, 2.24) is 0 Å². The van der Waals surface area contributed by atoms with Crippen molar-refractivity contribution in [3.8, 4) is 0 Å². The Balaban J connectivity index is 2.09. The Kier molecular flexibility index (Phi) is 4.78. The first-order valence-electron chi connectivity index (χ1n) is 6.41. The first kappa shape index (κ1) is 15.0. The quantitative estimate of drug-likeness (QED) is 0.869. The van der Waals surface area contributed by atoms with E-state index < -0.39 is 6.10 Å². The lowest BCUT2D eigenvalue weighted by atomic mass is 10.1. The van der Waals surface area contributed by atoms with Gasteiger partial charge in [-0.15, -0.1) is 0 Å². The molecule has 0 aliphatic carbocycles. The van der Waals surface area contributed by atoms with Gasteiger partial charge in [0, 0.05) is 16.7 Å². The summed E-state index contributed by atoms with van der Waals surface area (Å²) in [7, 11) is 0. The number of nitrogens with one attached hydrogen (secondary N) is 1. The second kappa shape index (κ2) is 6.37. The van der Waals surface area contributed by atoms with Gasteiger partial charge in [0.1, 0.15) is 5.82 Å². The topological polar surface area (TPSA) is 32.3 Å². The summed E-state index contributed by atoms with van der Waals surface area (Å²) in [5, 5.41) is 13.3. The predicted molar refractivity (Wildman–Crippen MR) is 83.5 cm³/mol. The summed E-state index contributed by atoms with van der Waals surface area (Å²) in [4.78, 5) is 0. The second-order valence-electron chi connectivity index (χ2n) is 4.87. The van der Waals surface area contributed by atoms with Crippen LogP contribution in [0.3, 0.4) is 0 Å². The van der Waals surface area contributed by atoms with Crippen LogP contribution in [0.1, 0.15) is 22.8 Å². The van der Waals surface area contributed by atoms with Gasteiger partial charge in [-0.25, -0.2) is 4.39 Å². The molecule has 20 heavy (non-hydrogen) atoms.